The monoisotopic (exact) mass is 299 g/mol. The molecule has 2 saturated heterocycles. The quantitative estimate of drug-likeness (QED) is 0.633. The zero-order chi connectivity index (χ0) is 14.8. The van der Waals surface area contributed by atoms with Crippen molar-refractivity contribution >= 4 is 17.6 Å². The summed E-state index contributed by atoms with van der Waals surface area (Å²) in [5, 5.41) is 5.92. The molecule has 1 aromatic rings. The second kappa shape index (κ2) is 5.94. The molecule has 0 amide bonds. The molecular weight excluding hydrogens is 280 g/mol. The molecule has 2 unspecified atom stereocenters. The van der Waals surface area contributed by atoms with Gasteiger partial charge in [-0.25, -0.2) is 8.78 Å². The minimum atomic E-state index is -1.21. The minimum absolute atomic E-state index is 0.213. The van der Waals surface area contributed by atoms with Crippen molar-refractivity contribution in [1.29, 1.82) is 0 Å². The summed E-state index contributed by atoms with van der Waals surface area (Å²) in [7, 11) is 0. The number of piperazine rings is 2. The Hall–Kier alpha value is -1.74. The number of hydrogen-bond donors (Lipinski definition) is 3. The summed E-state index contributed by atoms with van der Waals surface area (Å²) in [6.45, 7) is 2.69. The minimum Gasteiger partial charge on any atom is -0.383 e. The molecule has 0 radical (unpaired) electrons. The second-order valence-electron chi connectivity index (χ2n) is 5.11. The molecule has 2 aliphatic heterocycles. The van der Waals surface area contributed by atoms with Crippen LogP contribution in [0.3, 0.4) is 0 Å². The van der Waals surface area contributed by atoms with Crippen LogP contribution in [-0.2, 0) is 0 Å². The number of nitrogen functional groups attached to an aromatic ring is 1. The smallest absolute Gasteiger partial charge is 0.231 e. The van der Waals surface area contributed by atoms with Gasteiger partial charge < -0.3 is 26.2 Å². The fourth-order valence-corrected chi connectivity index (χ4v) is 2.54. The van der Waals surface area contributed by atoms with Crippen molar-refractivity contribution in [1.82, 2.24) is 20.6 Å². The molecule has 0 aliphatic carbocycles. The van der Waals surface area contributed by atoms with Crippen molar-refractivity contribution in [3.8, 4) is 0 Å². The lowest BCUT2D eigenvalue weighted by Gasteiger charge is -2.34. The van der Waals surface area contributed by atoms with Crippen LogP contribution in [0.1, 0.15) is 0 Å². The maximum atomic E-state index is 14.0. The Kier molecular flexibility index (Phi) is 4.02. The van der Waals surface area contributed by atoms with E-state index in [0.717, 1.165) is 0 Å². The van der Waals surface area contributed by atoms with Crippen molar-refractivity contribution in [2.24, 2.45) is 0 Å². The fraction of sp³-hybridized carbons (Fsp3) is 0.667. The Morgan fingerprint density at radius 3 is 2.29 bits per heavy atom. The van der Waals surface area contributed by atoms with Crippen molar-refractivity contribution in [3.63, 3.8) is 0 Å². The Morgan fingerprint density at radius 2 is 1.67 bits per heavy atom. The molecule has 3 heterocycles. The van der Waals surface area contributed by atoms with Crippen LogP contribution in [0.2, 0.25) is 0 Å². The summed E-state index contributed by atoms with van der Waals surface area (Å²) >= 11 is 0. The van der Waals surface area contributed by atoms with E-state index in [4.69, 9.17) is 5.73 Å². The molecule has 21 heavy (non-hydrogen) atoms. The van der Waals surface area contributed by atoms with E-state index < -0.39 is 12.6 Å². The average Bonchev–Trinajstić information content (AvgIpc) is 2.47. The van der Waals surface area contributed by atoms with Crippen LogP contribution in [0.15, 0.2) is 6.07 Å². The highest BCUT2D eigenvalue weighted by molar-refractivity contribution is 5.53. The summed E-state index contributed by atoms with van der Waals surface area (Å²) in [4.78, 5) is 11.4. The number of rotatable bonds is 2. The van der Waals surface area contributed by atoms with Gasteiger partial charge in [-0.05, 0) is 0 Å². The SMILES string of the molecule is Nc1cc(N2CCNCC2F)nc(N2CCNCC2F)n1. The fourth-order valence-electron chi connectivity index (χ4n) is 2.54. The van der Waals surface area contributed by atoms with Crippen LogP contribution in [0.4, 0.5) is 26.4 Å². The van der Waals surface area contributed by atoms with E-state index in [-0.39, 0.29) is 24.9 Å². The molecular formula is C12H19F2N7. The predicted molar refractivity (Wildman–Crippen MR) is 76.7 cm³/mol. The van der Waals surface area contributed by atoms with E-state index in [0.29, 0.717) is 32.0 Å². The van der Waals surface area contributed by atoms with Gasteiger partial charge in [-0.2, -0.15) is 9.97 Å². The highest BCUT2D eigenvalue weighted by Crippen LogP contribution is 2.23. The summed E-state index contributed by atoms with van der Waals surface area (Å²) in [6, 6.07) is 1.52. The molecule has 3 rings (SSSR count). The summed E-state index contributed by atoms with van der Waals surface area (Å²) in [5.41, 5.74) is 5.78. The molecule has 7 nitrogen and oxygen atoms in total. The number of aromatic nitrogens is 2. The third-order valence-corrected chi connectivity index (χ3v) is 3.63. The standard InChI is InChI=1S/C12H19F2N7/c13-8-6-16-1-3-20(8)11-5-10(15)18-12(19-11)21-4-2-17-7-9(21)14/h5,8-9,16-17H,1-4,6-7H2,(H2,15,18,19). The molecule has 9 heteroatoms. The van der Waals surface area contributed by atoms with Gasteiger partial charge in [0.1, 0.15) is 11.6 Å². The lowest BCUT2D eigenvalue weighted by atomic mass is 10.3. The number of alkyl halides is 2. The number of halogens is 2. The van der Waals surface area contributed by atoms with Gasteiger partial charge in [0.15, 0.2) is 12.6 Å². The summed E-state index contributed by atoms with van der Waals surface area (Å²) in [6.07, 6.45) is -2.39. The largest absolute Gasteiger partial charge is 0.383 e. The van der Waals surface area contributed by atoms with E-state index in [1.54, 1.807) is 0 Å². The molecule has 0 bridgehead atoms. The van der Waals surface area contributed by atoms with Gasteiger partial charge in [-0.1, -0.05) is 0 Å². The van der Waals surface area contributed by atoms with Crippen molar-refractivity contribution in [3.05, 3.63) is 6.07 Å². The van der Waals surface area contributed by atoms with E-state index in [1.165, 1.54) is 15.9 Å². The van der Waals surface area contributed by atoms with Gasteiger partial charge in [-0.15, -0.1) is 0 Å². The molecule has 0 spiro atoms. The lowest BCUT2D eigenvalue weighted by molar-refractivity contribution is 0.274. The first-order chi connectivity index (χ1) is 10.1. The number of nitrogens with one attached hydrogen (secondary N) is 2. The Bertz CT molecular complexity index is 460. The highest BCUT2D eigenvalue weighted by Gasteiger charge is 2.27. The van der Waals surface area contributed by atoms with Gasteiger partial charge in [0, 0.05) is 45.3 Å². The molecule has 2 aliphatic rings. The number of nitrogens with two attached hydrogens (primary N) is 1. The topological polar surface area (TPSA) is 82.3 Å². The zero-order valence-electron chi connectivity index (χ0n) is 11.6. The van der Waals surface area contributed by atoms with Gasteiger partial charge >= 0.3 is 0 Å². The molecule has 2 fully saturated rings. The van der Waals surface area contributed by atoms with Crippen molar-refractivity contribution in [2.45, 2.75) is 12.6 Å². The Balaban J connectivity index is 1.88. The van der Waals surface area contributed by atoms with Crippen LogP contribution >= 0.6 is 0 Å². The number of nitrogens with zero attached hydrogens (tertiary/aromatic N) is 4. The van der Waals surface area contributed by atoms with Crippen molar-refractivity contribution < 1.29 is 8.78 Å². The second-order valence-corrected chi connectivity index (χ2v) is 5.11. The van der Waals surface area contributed by atoms with E-state index in [1.807, 2.05) is 0 Å². The zero-order valence-corrected chi connectivity index (χ0v) is 11.6. The van der Waals surface area contributed by atoms with Crippen LogP contribution in [0, 0.1) is 0 Å². The van der Waals surface area contributed by atoms with Crippen LogP contribution in [0.5, 0.6) is 0 Å². The highest BCUT2D eigenvalue weighted by atomic mass is 19.1. The molecule has 0 aromatic carbocycles. The molecule has 4 N–H and O–H groups in total. The maximum Gasteiger partial charge on any atom is 0.231 e. The van der Waals surface area contributed by atoms with Gasteiger partial charge in [0.25, 0.3) is 0 Å². The summed E-state index contributed by atoms with van der Waals surface area (Å²) < 4.78 is 27.9. The van der Waals surface area contributed by atoms with Gasteiger partial charge in [0.2, 0.25) is 5.95 Å². The third kappa shape index (κ3) is 2.98. The maximum absolute atomic E-state index is 14.0. The van der Waals surface area contributed by atoms with Gasteiger partial charge in [-0.3, -0.25) is 0 Å². The molecule has 1 aromatic heterocycles. The predicted octanol–water partition coefficient (Wildman–Crippen LogP) is -0.531. The van der Waals surface area contributed by atoms with E-state index in [9.17, 15) is 8.78 Å². The third-order valence-electron chi connectivity index (χ3n) is 3.63. The average molecular weight is 299 g/mol. The molecule has 0 saturated carbocycles. The molecule has 116 valence electrons. The number of anilines is 3. The normalized spacial score (nSPS) is 27.0. The lowest BCUT2D eigenvalue weighted by Crippen LogP contribution is -2.51. The van der Waals surface area contributed by atoms with Crippen LogP contribution in [0.25, 0.3) is 0 Å². The van der Waals surface area contributed by atoms with Crippen LogP contribution in [-0.4, -0.2) is 61.8 Å². The first-order valence-electron chi connectivity index (χ1n) is 7.02. The Morgan fingerprint density at radius 1 is 1.05 bits per heavy atom. The van der Waals surface area contributed by atoms with Gasteiger partial charge in [0.05, 0.1) is 0 Å². The van der Waals surface area contributed by atoms with E-state index in [2.05, 4.69) is 20.6 Å². The Labute approximate surface area is 121 Å². The first-order valence-corrected chi connectivity index (χ1v) is 7.02. The van der Waals surface area contributed by atoms with Crippen molar-refractivity contribution in [2.75, 3.05) is 54.8 Å². The first kappa shape index (κ1) is 14.2. The summed E-state index contributed by atoms with van der Waals surface area (Å²) in [5.74, 6) is 0.827. The number of hydrogen-bond acceptors (Lipinski definition) is 7. The van der Waals surface area contributed by atoms with E-state index >= 15 is 0 Å². The van der Waals surface area contributed by atoms with Crippen LogP contribution < -0.4 is 26.2 Å². The molecule has 2 atom stereocenters.